The molecular formula is C15H27Cl2N3OS. The highest BCUT2D eigenvalue weighted by Crippen LogP contribution is 2.23. The summed E-state index contributed by atoms with van der Waals surface area (Å²) < 4.78 is 0. The molecule has 0 radical (unpaired) electrons. The van der Waals surface area contributed by atoms with Crippen LogP contribution in [-0.2, 0) is 11.2 Å². The molecule has 0 saturated heterocycles. The number of carbonyl (C=O) groups excluding carboxylic acids is 1. The minimum Gasteiger partial charge on any atom is -0.356 e. The molecule has 1 aliphatic carbocycles. The summed E-state index contributed by atoms with van der Waals surface area (Å²) in [6, 6.07) is 0.215. The second-order valence-corrected chi connectivity index (χ2v) is 6.70. The average molecular weight is 368 g/mol. The van der Waals surface area contributed by atoms with Crippen LogP contribution in [0.15, 0.2) is 5.38 Å². The summed E-state index contributed by atoms with van der Waals surface area (Å²) in [5, 5.41) is 6.34. The van der Waals surface area contributed by atoms with Crippen molar-refractivity contribution in [1.82, 2.24) is 10.3 Å². The number of nitrogens with one attached hydrogen (secondary N) is 1. The number of hydrogen-bond acceptors (Lipinski definition) is 4. The van der Waals surface area contributed by atoms with E-state index in [1.54, 1.807) is 11.3 Å². The fourth-order valence-corrected chi connectivity index (χ4v) is 3.56. The van der Waals surface area contributed by atoms with Gasteiger partial charge in [-0.05, 0) is 45.4 Å². The monoisotopic (exact) mass is 367 g/mol. The molecule has 0 spiro atoms. The van der Waals surface area contributed by atoms with Crippen molar-refractivity contribution in [2.24, 2.45) is 11.7 Å². The Labute approximate surface area is 149 Å². The van der Waals surface area contributed by atoms with Gasteiger partial charge < -0.3 is 11.1 Å². The van der Waals surface area contributed by atoms with E-state index in [1.807, 2.05) is 6.92 Å². The second kappa shape index (κ2) is 11.2. The summed E-state index contributed by atoms with van der Waals surface area (Å²) >= 11 is 1.72. The Morgan fingerprint density at radius 2 is 2.18 bits per heavy atom. The maximum absolute atomic E-state index is 12.0. The number of nitrogens with two attached hydrogens (primary N) is 1. The van der Waals surface area contributed by atoms with Gasteiger partial charge in [-0.1, -0.05) is 6.42 Å². The second-order valence-electron chi connectivity index (χ2n) is 5.75. The van der Waals surface area contributed by atoms with Crippen LogP contribution in [0.3, 0.4) is 0 Å². The fraction of sp³-hybridized carbons (Fsp3) is 0.733. The topological polar surface area (TPSA) is 68.0 Å². The Kier molecular flexibility index (Phi) is 11.0. The van der Waals surface area contributed by atoms with Crippen molar-refractivity contribution in [3.63, 3.8) is 0 Å². The lowest BCUT2D eigenvalue weighted by molar-refractivity contribution is -0.126. The van der Waals surface area contributed by atoms with E-state index in [2.05, 4.69) is 15.7 Å². The Hall–Kier alpha value is -0.360. The quantitative estimate of drug-likeness (QED) is 0.758. The molecule has 1 aromatic rings. The Morgan fingerprint density at radius 1 is 1.41 bits per heavy atom. The molecular weight excluding hydrogens is 341 g/mol. The van der Waals surface area contributed by atoms with Crippen LogP contribution < -0.4 is 11.1 Å². The molecule has 2 rings (SSSR count). The minimum absolute atomic E-state index is 0. The van der Waals surface area contributed by atoms with Crippen LogP contribution in [0.5, 0.6) is 0 Å². The number of amides is 1. The molecule has 7 heteroatoms. The number of aryl methyl sites for hydroxylation is 2. The number of nitrogens with zero attached hydrogens (tertiary/aromatic N) is 1. The van der Waals surface area contributed by atoms with E-state index in [0.717, 1.165) is 57.2 Å². The first-order valence-electron chi connectivity index (χ1n) is 7.59. The zero-order valence-electron chi connectivity index (χ0n) is 13.0. The molecule has 3 N–H and O–H groups in total. The first-order valence-corrected chi connectivity index (χ1v) is 8.47. The molecule has 22 heavy (non-hydrogen) atoms. The van der Waals surface area contributed by atoms with E-state index in [9.17, 15) is 4.79 Å². The Bertz CT molecular complexity index is 442. The smallest absolute Gasteiger partial charge is 0.223 e. The molecule has 0 aromatic carbocycles. The van der Waals surface area contributed by atoms with Gasteiger partial charge in [-0.15, -0.1) is 36.2 Å². The third-order valence-electron chi connectivity index (χ3n) is 3.87. The van der Waals surface area contributed by atoms with Crippen LogP contribution in [-0.4, -0.2) is 23.5 Å². The first-order chi connectivity index (χ1) is 9.65. The molecule has 1 saturated carbocycles. The van der Waals surface area contributed by atoms with Gasteiger partial charge >= 0.3 is 0 Å². The number of rotatable bonds is 6. The highest BCUT2D eigenvalue weighted by Gasteiger charge is 2.24. The molecule has 1 heterocycles. The SMILES string of the molecule is Cc1csc(CCCCNC(=O)C2CCCC(N)C2)n1.Cl.Cl. The molecule has 2 atom stereocenters. The van der Waals surface area contributed by atoms with Gasteiger partial charge in [-0.25, -0.2) is 4.98 Å². The van der Waals surface area contributed by atoms with Crippen LogP contribution in [0.2, 0.25) is 0 Å². The number of thiazole rings is 1. The summed E-state index contributed by atoms with van der Waals surface area (Å²) in [6.07, 6.45) is 7.12. The van der Waals surface area contributed by atoms with E-state index in [1.165, 1.54) is 5.01 Å². The number of carbonyl (C=O) groups is 1. The summed E-state index contributed by atoms with van der Waals surface area (Å²) in [5.41, 5.74) is 7.02. The van der Waals surface area contributed by atoms with E-state index in [-0.39, 0.29) is 42.7 Å². The molecule has 4 nitrogen and oxygen atoms in total. The van der Waals surface area contributed by atoms with Gasteiger partial charge in [0, 0.05) is 29.6 Å². The third-order valence-corrected chi connectivity index (χ3v) is 4.90. The highest BCUT2D eigenvalue weighted by molar-refractivity contribution is 7.09. The lowest BCUT2D eigenvalue weighted by atomic mass is 9.85. The van der Waals surface area contributed by atoms with Gasteiger partial charge in [0.15, 0.2) is 0 Å². The molecule has 1 aliphatic rings. The molecule has 1 fully saturated rings. The Balaban J connectivity index is 0.00000220. The van der Waals surface area contributed by atoms with Gasteiger partial charge in [0.2, 0.25) is 5.91 Å². The molecule has 2 unspecified atom stereocenters. The van der Waals surface area contributed by atoms with Gasteiger partial charge in [0.25, 0.3) is 0 Å². The number of unbranched alkanes of at least 4 members (excludes halogenated alkanes) is 1. The van der Waals surface area contributed by atoms with Crippen molar-refractivity contribution >= 4 is 42.1 Å². The maximum Gasteiger partial charge on any atom is 0.223 e. The van der Waals surface area contributed by atoms with Crippen molar-refractivity contribution in [2.75, 3.05) is 6.54 Å². The van der Waals surface area contributed by atoms with Gasteiger partial charge in [0.1, 0.15) is 0 Å². The predicted octanol–water partition coefficient (Wildman–Crippen LogP) is 3.25. The van der Waals surface area contributed by atoms with Gasteiger partial charge in [-0.2, -0.15) is 0 Å². The summed E-state index contributed by atoms with van der Waals surface area (Å²) in [4.78, 5) is 16.4. The molecule has 1 aromatic heterocycles. The van der Waals surface area contributed by atoms with E-state index in [0.29, 0.717) is 0 Å². The number of halogens is 2. The minimum atomic E-state index is 0. The van der Waals surface area contributed by atoms with Crippen LogP contribution in [0.4, 0.5) is 0 Å². The van der Waals surface area contributed by atoms with E-state index in [4.69, 9.17) is 5.73 Å². The van der Waals surface area contributed by atoms with Crippen molar-refractivity contribution in [3.8, 4) is 0 Å². The van der Waals surface area contributed by atoms with E-state index < -0.39 is 0 Å². The maximum atomic E-state index is 12.0. The van der Waals surface area contributed by atoms with Crippen LogP contribution >= 0.6 is 36.2 Å². The van der Waals surface area contributed by atoms with Gasteiger partial charge in [0.05, 0.1) is 5.01 Å². The molecule has 1 amide bonds. The zero-order chi connectivity index (χ0) is 14.4. The normalized spacial score (nSPS) is 20.6. The standard InChI is InChI=1S/C15H25N3OS.2ClH/c1-11-10-20-14(18-11)7-2-3-8-17-15(19)12-5-4-6-13(16)9-12;;/h10,12-13H,2-9,16H2,1H3,(H,17,19);2*1H. The summed E-state index contributed by atoms with van der Waals surface area (Å²) in [6.45, 7) is 2.80. The summed E-state index contributed by atoms with van der Waals surface area (Å²) in [7, 11) is 0. The Morgan fingerprint density at radius 3 is 2.82 bits per heavy atom. The van der Waals surface area contributed by atoms with Crippen molar-refractivity contribution < 1.29 is 4.79 Å². The van der Waals surface area contributed by atoms with Crippen LogP contribution in [0, 0.1) is 12.8 Å². The molecule has 0 aliphatic heterocycles. The van der Waals surface area contributed by atoms with Gasteiger partial charge in [-0.3, -0.25) is 4.79 Å². The average Bonchev–Trinajstić information content (AvgIpc) is 2.84. The van der Waals surface area contributed by atoms with E-state index >= 15 is 0 Å². The van der Waals surface area contributed by atoms with Crippen molar-refractivity contribution in [1.29, 1.82) is 0 Å². The lowest BCUT2D eigenvalue weighted by Gasteiger charge is -2.25. The largest absolute Gasteiger partial charge is 0.356 e. The lowest BCUT2D eigenvalue weighted by Crippen LogP contribution is -2.38. The third kappa shape index (κ3) is 7.27. The predicted molar refractivity (Wildman–Crippen MR) is 97.2 cm³/mol. The van der Waals surface area contributed by atoms with Crippen LogP contribution in [0.25, 0.3) is 0 Å². The zero-order valence-corrected chi connectivity index (χ0v) is 15.5. The first kappa shape index (κ1) is 21.6. The number of aromatic nitrogens is 1. The fourth-order valence-electron chi connectivity index (χ4n) is 2.74. The van der Waals surface area contributed by atoms with Crippen molar-refractivity contribution in [3.05, 3.63) is 16.1 Å². The summed E-state index contributed by atoms with van der Waals surface area (Å²) in [5.74, 6) is 0.339. The highest BCUT2D eigenvalue weighted by atomic mass is 35.5. The molecule has 128 valence electrons. The molecule has 0 bridgehead atoms. The van der Waals surface area contributed by atoms with Crippen molar-refractivity contribution in [2.45, 2.75) is 57.9 Å². The van der Waals surface area contributed by atoms with Crippen LogP contribution in [0.1, 0.15) is 49.2 Å². The number of hydrogen-bond donors (Lipinski definition) is 2.